The Hall–Kier alpha value is -1.97. The van der Waals surface area contributed by atoms with Crippen molar-refractivity contribution in [3.63, 3.8) is 0 Å². The molecule has 1 amide bonds. The molecular weight excluding hydrogens is 374 g/mol. The molecule has 0 bridgehead atoms. The molecule has 7 nitrogen and oxygen atoms in total. The Morgan fingerprint density at radius 2 is 1.88 bits per heavy atom. The number of aromatic nitrogens is 1. The van der Waals surface area contributed by atoms with Crippen LogP contribution in [0.1, 0.15) is 21.1 Å². The molecule has 140 valence electrons. The van der Waals surface area contributed by atoms with Crippen LogP contribution < -0.4 is 4.74 Å². The molecule has 0 spiro atoms. The Labute approximate surface area is 157 Å². The van der Waals surface area contributed by atoms with E-state index >= 15 is 0 Å². The van der Waals surface area contributed by atoms with E-state index < -0.39 is 10.0 Å². The highest BCUT2D eigenvalue weighted by molar-refractivity contribution is 7.89. The van der Waals surface area contributed by atoms with Crippen molar-refractivity contribution in [1.82, 2.24) is 14.2 Å². The van der Waals surface area contributed by atoms with Crippen LogP contribution in [0.4, 0.5) is 0 Å². The maximum Gasteiger partial charge on any atom is 0.273 e. The predicted molar refractivity (Wildman–Crippen MR) is 99.2 cm³/mol. The molecule has 0 unspecified atom stereocenters. The van der Waals surface area contributed by atoms with E-state index in [1.165, 1.54) is 22.8 Å². The van der Waals surface area contributed by atoms with Gasteiger partial charge in [-0.3, -0.25) is 4.79 Å². The molecule has 0 aliphatic carbocycles. The normalized spacial score (nSPS) is 15.9. The fourth-order valence-corrected chi connectivity index (χ4v) is 5.13. The number of sulfonamides is 1. The SMILES string of the molecule is COc1ccc(C)cc1S(=O)(=O)N1CCN(C(=O)c2csc(C)n2)CC1. The monoisotopic (exact) mass is 395 g/mol. The Morgan fingerprint density at radius 1 is 1.19 bits per heavy atom. The fraction of sp³-hybridized carbons (Fsp3) is 0.412. The van der Waals surface area contributed by atoms with E-state index in [2.05, 4.69) is 4.98 Å². The topological polar surface area (TPSA) is 79.8 Å². The molecule has 0 radical (unpaired) electrons. The summed E-state index contributed by atoms with van der Waals surface area (Å²) in [6, 6.07) is 5.08. The van der Waals surface area contributed by atoms with Crippen molar-refractivity contribution in [3.8, 4) is 5.75 Å². The summed E-state index contributed by atoms with van der Waals surface area (Å²) in [5, 5.41) is 2.57. The summed E-state index contributed by atoms with van der Waals surface area (Å²) in [4.78, 5) is 18.5. The lowest BCUT2D eigenvalue weighted by Crippen LogP contribution is -2.50. The quantitative estimate of drug-likeness (QED) is 0.790. The third-order valence-corrected chi connectivity index (χ3v) is 6.99. The third kappa shape index (κ3) is 3.60. The van der Waals surface area contributed by atoms with Gasteiger partial charge >= 0.3 is 0 Å². The van der Waals surface area contributed by atoms with Gasteiger partial charge in [0, 0.05) is 31.6 Å². The Balaban J connectivity index is 1.75. The van der Waals surface area contributed by atoms with E-state index in [1.807, 2.05) is 19.9 Å². The summed E-state index contributed by atoms with van der Waals surface area (Å²) in [5.74, 6) is 0.173. The number of hydrogen-bond donors (Lipinski definition) is 0. The summed E-state index contributed by atoms with van der Waals surface area (Å²) >= 11 is 1.43. The number of piperazine rings is 1. The van der Waals surface area contributed by atoms with Crippen LogP contribution in [-0.2, 0) is 10.0 Å². The van der Waals surface area contributed by atoms with E-state index in [9.17, 15) is 13.2 Å². The molecule has 1 saturated heterocycles. The Bertz CT molecular complexity index is 916. The molecule has 2 heterocycles. The van der Waals surface area contributed by atoms with Gasteiger partial charge in [0.25, 0.3) is 5.91 Å². The number of amides is 1. The molecule has 0 atom stereocenters. The first-order valence-corrected chi connectivity index (χ1v) is 10.5. The van der Waals surface area contributed by atoms with E-state index in [4.69, 9.17) is 4.74 Å². The average Bonchev–Trinajstić information content (AvgIpc) is 3.07. The first-order chi connectivity index (χ1) is 12.3. The number of carbonyl (C=O) groups is 1. The fourth-order valence-electron chi connectivity index (χ4n) is 2.88. The zero-order valence-electron chi connectivity index (χ0n) is 14.9. The van der Waals surface area contributed by atoms with Crippen molar-refractivity contribution < 1.29 is 17.9 Å². The molecule has 1 aliphatic heterocycles. The van der Waals surface area contributed by atoms with Crippen molar-refractivity contribution in [2.45, 2.75) is 18.7 Å². The number of carbonyl (C=O) groups excluding carboxylic acids is 1. The largest absolute Gasteiger partial charge is 0.495 e. The molecule has 26 heavy (non-hydrogen) atoms. The molecular formula is C17H21N3O4S2. The van der Waals surface area contributed by atoms with Crippen LogP contribution >= 0.6 is 11.3 Å². The second-order valence-electron chi connectivity index (χ2n) is 6.10. The average molecular weight is 396 g/mol. The maximum absolute atomic E-state index is 13.0. The number of methoxy groups -OCH3 is 1. The maximum atomic E-state index is 13.0. The van der Waals surface area contributed by atoms with Crippen LogP contribution in [0.3, 0.4) is 0 Å². The summed E-state index contributed by atoms with van der Waals surface area (Å²) in [5.41, 5.74) is 1.27. The van der Waals surface area contributed by atoms with E-state index in [-0.39, 0.29) is 23.9 Å². The van der Waals surface area contributed by atoms with Gasteiger partial charge in [-0.2, -0.15) is 4.31 Å². The predicted octanol–water partition coefficient (Wildman–Crippen LogP) is 1.92. The number of hydrogen-bond acceptors (Lipinski definition) is 6. The van der Waals surface area contributed by atoms with Gasteiger partial charge in [0.1, 0.15) is 16.3 Å². The minimum absolute atomic E-state index is 0.153. The van der Waals surface area contributed by atoms with Gasteiger partial charge in [-0.05, 0) is 31.5 Å². The van der Waals surface area contributed by atoms with Crippen LogP contribution in [0.25, 0.3) is 0 Å². The van der Waals surface area contributed by atoms with Crippen LogP contribution in [0, 0.1) is 13.8 Å². The van der Waals surface area contributed by atoms with Gasteiger partial charge in [-0.25, -0.2) is 13.4 Å². The lowest BCUT2D eigenvalue weighted by atomic mass is 10.2. The number of aryl methyl sites for hydroxylation is 2. The third-order valence-electron chi connectivity index (χ3n) is 4.30. The summed E-state index contributed by atoms with van der Waals surface area (Å²) in [7, 11) is -2.23. The standard InChI is InChI=1S/C17H21N3O4S2/c1-12-4-5-15(24-3)16(10-12)26(22,23)20-8-6-19(7-9-20)17(21)14-11-25-13(2)18-14/h4-5,10-11H,6-9H2,1-3H3. The van der Waals surface area contributed by atoms with Gasteiger partial charge in [-0.15, -0.1) is 11.3 Å². The molecule has 1 aromatic heterocycles. The highest BCUT2D eigenvalue weighted by atomic mass is 32.2. The number of ether oxygens (including phenoxy) is 1. The molecule has 1 aliphatic rings. The van der Waals surface area contributed by atoms with E-state index in [1.54, 1.807) is 22.4 Å². The summed E-state index contributed by atoms with van der Waals surface area (Å²) < 4.78 is 32.6. The zero-order chi connectivity index (χ0) is 18.9. The number of benzene rings is 1. The van der Waals surface area contributed by atoms with Crippen molar-refractivity contribution in [3.05, 3.63) is 39.8 Å². The van der Waals surface area contributed by atoms with Gasteiger partial charge < -0.3 is 9.64 Å². The molecule has 2 aromatic rings. The molecule has 9 heteroatoms. The van der Waals surface area contributed by atoms with Crippen LogP contribution in [0.2, 0.25) is 0 Å². The van der Waals surface area contributed by atoms with Crippen molar-refractivity contribution in [2.75, 3.05) is 33.3 Å². The second-order valence-corrected chi connectivity index (χ2v) is 9.07. The number of thiazole rings is 1. The molecule has 1 fully saturated rings. The summed E-state index contributed by atoms with van der Waals surface area (Å²) in [6.45, 7) is 4.85. The van der Waals surface area contributed by atoms with Crippen LogP contribution in [-0.4, -0.2) is 61.8 Å². The van der Waals surface area contributed by atoms with Crippen LogP contribution in [0.5, 0.6) is 5.75 Å². The second kappa shape index (κ2) is 7.34. The van der Waals surface area contributed by atoms with Gasteiger partial charge in [0.15, 0.2) is 0 Å². The highest BCUT2D eigenvalue weighted by Crippen LogP contribution is 2.28. The first kappa shape index (κ1) is 18.8. The van der Waals surface area contributed by atoms with Crippen molar-refractivity contribution in [1.29, 1.82) is 0 Å². The lowest BCUT2D eigenvalue weighted by molar-refractivity contribution is 0.0692. The smallest absolute Gasteiger partial charge is 0.273 e. The highest BCUT2D eigenvalue weighted by Gasteiger charge is 2.32. The molecule has 1 aromatic carbocycles. The minimum Gasteiger partial charge on any atom is -0.495 e. The van der Waals surface area contributed by atoms with Crippen molar-refractivity contribution >= 4 is 27.3 Å². The first-order valence-electron chi connectivity index (χ1n) is 8.19. The number of rotatable bonds is 4. The minimum atomic E-state index is -3.68. The Kier molecular flexibility index (Phi) is 5.31. The molecule has 3 rings (SSSR count). The summed E-state index contributed by atoms with van der Waals surface area (Å²) in [6.07, 6.45) is 0. The number of nitrogens with zero attached hydrogens (tertiary/aromatic N) is 3. The molecule has 0 saturated carbocycles. The van der Waals surface area contributed by atoms with E-state index in [0.717, 1.165) is 10.6 Å². The lowest BCUT2D eigenvalue weighted by Gasteiger charge is -2.33. The molecule has 0 N–H and O–H groups in total. The zero-order valence-corrected chi connectivity index (χ0v) is 16.6. The van der Waals surface area contributed by atoms with Crippen LogP contribution in [0.15, 0.2) is 28.5 Å². The Morgan fingerprint density at radius 3 is 2.46 bits per heavy atom. The van der Waals surface area contributed by atoms with Gasteiger partial charge in [-0.1, -0.05) is 6.07 Å². The van der Waals surface area contributed by atoms with E-state index in [0.29, 0.717) is 24.5 Å². The van der Waals surface area contributed by atoms with Crippen molar-refractivity contribution in [2.24, 2.45) is 0 Å². The van der Waals surface area contributed by atoms with Gasteiger partial charge in [0.2, 0.25) is 10.0 Å². The van der Waals surface area contributed by atoms with Gasteiger partial charge in [0.05, 0.1) is 12.1 Å².